The van der Waals surface area contributed by atoms with Crippen LogP contribution in [-0.2, 0) is 19.6 Å². The molecule has 1 atom stereocenters. The van der Waals surface area contributed by atoms with Gasteiger partial charge in [-0.25, -0.2) is 18.1 Å². The molecule has 2 aliphatic rings. The lowest BCUT2D eigenvalue weighted by Crippen LogP contribution is -2.50. The monoisotopic (exact) mass is 664 g/mol. The van der Waals surface area contributed by atoms with Crippen LogP contribution >= 0.6 is 0 Å². The number of nitrogens with one attached hydrogen (secondary N) is 2. The summed E-state index contributed by atoms with van der Waals surface area (Å²) in [4.78, 5) is 40.1. The zero-order chi connectivity index (χ0) is 33.8. The minimum absolute atomic E-state index is 0.0131. The molecule has 13 heteroatoms. The van der Waals surface area contributed by atoms with Crippen molar-refractivity contribution >= 4 is 27.8 Å². The number of carbonyl (C=O) groups is 2. The number of morpholine rings is 1. The van der Waals surface area contributed by atoms with Crippen molar-refractivity contribution in [3.05, 3.63) is 65.2 Å². The summed E-state index contributed by atoms with van der Waals surface area (Å²) in [6.07, 6.45) is 0.498. The van der Waals surface area contributed by atoms with Crippen LogP contribution in [0.15, 0.2) is 53.4 Å². The molecule has 2 aliphatic heterocycles. The normalized spacial score (nSPS) is 18.6. The Morgan fingerprint density at radius 3 is 2.45 bits per heavy atom. The molecule has 1 aromatic heterocycles. The summed E-state index contributed by atoms with van der Waals surface area (Å²) in [5.74, 6) is -0.805. The molecule has 1 saturated heterocycles. The van der Waals surface area contributed by atoms with Gasteiger partial charge >= 0.3 is 0 Å². The highest BCUT2D eigenvalue weighted by Crippen LogP contribution is 2.31. The van der Waals surface area contributed by atoms with E-state index in [2.05, 4.69) is 45.7 Å². The molecule has 0 saturated carbocycles. The topological polar surface area (TPSA) is 143 Å². The second kappa shape index (κ2) is 14.4. The van der Waals surface area contributed by atoms with Crippen molar-refractivity contribution in [3.8, 4) is 17.1 Å². The number of rotatable bonds is 7. The number of carbonyl (C=O) groups excluding carboxylic acids is 2. The zero-order valence-electron chi connectivity index (χ0n) is 27.7. The van der Waals surface area contributed by atoms with Crippen LogP contribution in [0.5, 0.6) is 5.88 Å². The first-order valence-corrected chi connectivity index (χ1v) is 17.4. The van der Waals surface area contributed by atoms with E-state index in [-0.39, 0.29) is 46.8 Å². The van der Waals surface area contributed by atoms with E-state index in [1.165, 1.54) is 23.1 Å². The van der Waals surface area contributed by atoms with Gasteiger partial charge in [-0.1, -0.05) is 45.0 Å². The Morgan fingerprint density at radius 2 is 1.74 bits per heavy atom. The van der Waals surface area contributed by atoms with Crippen molar-refractivity contribution < 1.29 is 27.5 Å². The van der Waals surface area contributed by atoms with Gasteiger partial charge in [0.2, 0.25) is 17.7 Å². The minimum Gasteiger partial charge on any atom is -0.475 e. The number of amides is 2. The van der Waals surface area contributed by atoms with E-state index in [4.69, 9.17) is 9.47 Å². The molecule has 2 amide bonds. The van der Waals surface area contributed by atoms with Crippen LogP contribution in [0.4, 0.5) is 5.95 Å². The number of hydrogen-bond donors (Lipinski definition) is 2. The van der Waals surface area contributed by atoms with E-state index in [1.54, 1.807) is 12.1 Å². The maximum absolute atomic E-state index is 14.2. The van der Waals surface area contributed by atoms with Gasteiger partial charge in [0.05, 0.1) is 29.8 Å². The number of hydrogen-bond acceptors (Lipinski definition) is 9. The Hall–Kier alpha value is -4.07. The molecule has 3 aromatic rings. The van der Waals surface area contributed by atoms with Crippen molar-refractivity contribution in [1.29, 1.82) is 0 Å². The van der Waals surface area contributed by atoms with Crippen LogP contribution in [0, 0.1) is 19.3 Å². The van der Waals surface area contributed by atoms with E-state index in [0.29, 0.717) is 38.4 Å². The lowest BCUT2D eigenvalue weighted by atomic mass is 9.87. The minimum atomic E-state index is -4.20. The summed E-state index contributed by atoms with van der Waals surface area (Å²) in [5, 5.41) is 2.96. The molecule has 2 N–H and O–H groups in total. The number of anilines is 1. The first-order chi connectivity index (χ1) is 22.3. The largest absolute Gasteiger partial charge is 0.475 e. The molecule has 0 spiro atoms. The predicted molar refractivity (Wildman–Crippen MR) is 179 cm³/mol. The van der Waals surface area contributed by atoms with Crippen molar-refractivity contribution in [1.82, 2.24) is 25.1 Å². The van der Waals surface area contributed by atoms with Crippen molar-refractivity contribution in [2.75, 3.05) is 57.3 Å². The summed E-state index contributed by atoms with van der Waals surface area (Å²) < 4.78 is 41.3. The molecular formula is C34H44N6O6S. The Balaban J connectivity index is 1.53. The van der Waals surface area contributed by atoms with Gasteiger partial charge in [0.25, 0.3) is 15.9 Å². The average molecular weight is 665 g/mol. The van der Waals surface area contributed by atoms with E-state index in [0.717, 1.165) is 29.8 Å². The second-order valence-electron chi connectivity index (χ2n) is 13.3. The van der Waals surface area contributed by atoms with Crippen LogP contribution in [0.3, 0.4) is 0 Å². The van der Waals surface area contributed by atoms with Gasteiger partial charge in [0.15, 0.2) is 0 Å². The molecule has 12 nitrogen and oxygen atoms in total. The van der Waals surface area contributed by atoms with E-state index in [1.807, 2.05) is 32.0 Å². The van der Waals surface area contributed by atoms with Gasteiger partial charge in [0.1, 0.15) is 13.2 Å². The maximum atomic E-state index is 14.2. The maximum Gasteiger partial charge on any atom is 0.264 e. The van der Waals surface area contributed by atoms with Crippen LogP contribution in [0.25, 0.3) is 11.3 Å². The fourth-order valence-corrected chi connectivity index (χ4v) is 6.92. The number of aryl methyl sites for hydroxylation is 2. The number of fused-ring (bicyclic) bond motifs is 4. The van der Waals surface area contributed by atoms with E-state index >= 15 is 0 Å². The third-order valence-corrected chi connectivity index (χ3v) is 9.52. The van der Waals surface area contributed by atoms with Gasteiger partial charge in [-0.3, -0.25) is 14.5 Å². The average Bonchev–Trinajstić information content (AvgIpc) is 3.01. The predicted octanol–water partition coefficient (Wildman–Crippen LogP) is 3.65. The number of benzene rings is 2. The molecule has 252 valence electrons. The van der Waals surface area contributed by atoms with E-state index < -0.39 is 22.0 Å². The Morgan fingerprint density at radius 1 is 1.04 bits per heavy atom. The molecule has 2 aromatic carbocycles. The highest BCUT2D eigenvalue weighted by atomic mass is 32.2. The first-order valence-electron chi connectivity index (χ1n) is 15.9. The van der Waals surface area contributed by atoms with Gasteiger partial charge in [0, 0.05) is 43.4 Å². The lowest BCUT2D eigenvalue weighted by Gasteiger charge is -2.35. The highest BCUT2D eigenvalue weighted by Gasteiger charge is 2.32. The lowest BCUT2D eigenvalue weighted by molar-refractivity contribution is -0.122. The van der Waals surface area contributed by atoms with Gasteiger partial charge in [-0.15, -0.1) is 0 Å². The molecular weight excluding hydrogens is 620 g/mol. The highest BCUT2D eigenvalue weighted by molar-refractivity contribution is 7.92. The van der Waals surface area contributed by atoms with Gasteiger partial charge in [-0.05, 0) is 55.0 Å². The fourth-order valence-electron chi connectivity index (χ4n) is 5.94. The quantitative estimate of drug-likeness (QED) is 0.387. The molecule has 0 unspecified atom stereocenters. The summed E-state index contributed by atoms with van der Waals surface area (Å²) in [6.45, 7) is 13.9. The molecule has 5 rings (SSSR count). The van der Waals surface area contributed by atoms with Crippen LogP contribution < -0.4 is 14.8 Å². The van der Waals surface area contributed by atoms with Crippen molar-refractivity contribution in [3.63, 3.8) is 0 Å². The second-order valence-corrected chi connectivity index (χ2v) is 15.0. The Kier molecular flexibility index (Phi) is 10.5. The third-order valence-electron chi connectivity index (χ3n) is 8.20. The van der Waals surface area contributed by atoms with Gasteiger partial charge < -0.3 is 19.7 Å². The summed E-state index contributed by atoms with van der Waals surface area (Å²) in [6, 6.07) is 12.8. The first kappa shape index (κ1) is 34.3. The summed E-state index contributed by atoms with van der Waals surface area (Å²) >= 11 is 0. The van der Waals surface area contributed by atoms with Crippen LogP contribution in [0.2, 0.25) is 0 Å². The number of nitrogens with zero attached hydrogens (tertiary/aromatic N) is 4. The molecule has 0 radical (unpaired) electrons. The number of ether oxygens (including phenoxy) is 2. The smallest absolute Gasteiger partial charge is 0.264 e. The number of aromatic nitrogens is 2. The number of sulfonamides is 1. The molecule has 4 bridgehead atoms. The van der Waals surface area contributed by atoms with Crippen LogP contribution in [0.1, 0.15) is 48.7 Å². The molecule has 0 aliphatic carbocycles. The Bertz CT molecular complexity index is 1700. The fraction of sp³-hybridized carbons (Fsp3) is 0.471. The van der Waals surface area contributed by atoms with Gasteiger partial charge in [-0.2, -0.15) is 4.98 Å². The van der Waals surface area contributed by atoms with Crippen LogP contribution in [-0.4, -0.2) is 98.6 Å². The summed E-state index contributed by atoms with van der Waals surface area (Å²) in [5.41, 5.74) is 3.12. The van der Waals surface area contributed by atoms with Crippen molar-refractivity contribution in [2.45, 2.75) is 52.0 Å². The standard InChI is InChI=1S/C34H44N6O6S/c1-23-8-6-9-24(2)31(23)28-19-30-37-33(36-28)38-47(43,44)27-11-7-10-25(18-27)32(42)40(26(22-46-30)20-34(3,4)5)21-29(41)35-12-13-39-14-16-45-17-15-39/h6-11,18-19,26H,12-17,20-22H2,1-5H3,(H,35,41)(H,36,37,38)/t26-/m1/s1. The zero-order valence-corrected chi connectivity index (χ0v) is 28.5. The van der Waals surface area contributed by atoms with Crippen molar-refractivity contribution in [2.24, 2.45) is 5.41 Å². The van der Waals surface area contributed by atoms with E-state index in [9.17, 15) is 18.0 Å². The molecule has 1 fully saturated rings. The SMILES string of the molecule is Cc1cccc(C)c1-c1cc2nc(n1)NS(=O)(=O)c1cccc(c1)C(=O)N(CC(=O)NCCN1CCOCC1)[C@H](CC(C)(C)C)CO2. The Labute approximate surface area is 276 Å². The summed E-state index contributed by atoms with van der Waals surface area (Å²) in [7, 11) is -4.20. The molecule has 47 heavy (non-hydrogen) atoms. The molecule has 3 heterocycles. The third kappa shape index (κ3) is 8.85.